The van der Waals surface area contributed by atoms with Gasteiger partial charge in [-0.15, -0.1) is 0 Å². The second-order valence-corrected chi connectivity index (χ2v) is 8.21. The molecule has 0 atom stereocenters. The summed E-state index contributed by atoms with van der Waals surface area (Å²) in [6, 6.07) is 16.7. The largest absolute Gasteiger partial charge is 0.282 e. The minimum atomic E-state index is -0.0887. The summed E-state index contributed by atoms with van der Waals surface area (Å²) in [5.41, 5.74) is 5.72. The molecule has 29 heavy (non-hydrogen) atoms. The maximum atomic E-state index is 13.2. The molecule has 5 nitrogen and oxygen atoms in total. The minimum absolute atomic E-state index is 0.0887. The van der Waals surface area contributed by atoms with Crippen LogP contribution in [0.15, 0.2) is 64.7 Å². The summed E-state index contributed by atoms with van der Waals surface area (Å²) < 4.78 is 3.52. The van der Waals surface area contributed by atoms with Gasteiger partial charge in [0.05, 0.1) is 12.7 Å². The monoisotopic (exact) mass is 404 g/mol. The van der Waals surface area contributed by atoms with Crippen LogP contribution in [0.2, 0.25) is 0 Å². The van der Waals surface area contributed by atoms with E-state index in [4.69, 9.17) is 4.98 Å². The lowest BCUT2D eigenvalue weighted by atomic mass is 10.1. The zero-order valence-electron chi connectivity index (χ0n) is 16.9. The van der Waals surface area contributed by atoms with E-state index in [0.717, 1.165) is 16.5 Å². The van der Waals surface area contributed by atoms with Crippen LogP contribution in [0.1, 0.15) is 29.2 Å². The van der Waals surface area contributed by atoms with Gasteiger partial charge in [0.1, 0.15) is 5.52 Å². The molecule has 2 heterocycles. The Kier molecular flexibility index (Phi) is 5.53. The van der Waals surface area contributed by atoms with Crippen molar-refractivity contribution in [1.82, 2.24) is 19.3 Å². The fourth-order valence-corrected chi connectivity index (χ4v) is 4.10. The van der Waals surface area contributed by atoms with E-state index < -0.39 is 0 Å². The molecule has 0 aliphatic heterocycles. The molecule has 6 heteroatoms. The van der Waals surface area contributed by atoms with Gasteiger partial charge in [-0.3, -0.25) is 14.0 Å². The molecular weight excluding hydrogens is 380 g/mol. The standard InChI is InChI=1S/C23H24N4OS/c1-4-26-14-20-21(25-26)22(28)27(13-18-9-5-16(2)6-10-18)23(24-20)29-15-19-11-7-17(3)8-12-19/h5-12,14H,4,13,15H2,1-3H3. The molecule has 0 aliphatic carbocycles. The number of fused-ring (bicyclic) bond motifs is 1. The highest BCUT2D eigenvalue weighted by Gasteiger charge is 2.15. The SMILES string of the molecule is CCn1cc2nc(SCc3ccc(C)cc3)n(Cc3ccc(C)cc3)c(=O)c2n1. The molecule has 0 N–H and O–H groups in total. The van der Waals surface area contributed by atoms with Gasteiger partial charge < -0.3 is 0 Å². The Morgan fingerprint density at radius 2 is 1.55 bits per heavy atom. The first kappa shape index (κ1) is 19.5. The molecule has 148 valence electrons. The van der Waals surface area contributed by atoms with E-state index in [1.165, 1.54) is 16.7 Å². The molecule has 0 unspecified atom stereocenters. The molecule has 0 amide bonds. The third-order valence-corrected chi connectivity index (χ3v) is 5.96. The molecular formula is C23H24N4OS. The number of thioether (sulfide) groups is 1. The van der Waals surface area contributed by atoms with Crippen LogP contribution in [-0.4, -0.2) is 19.3 Å². The van der Waals surface area contributed by atoms with E-state index in [0.29, 0.717) is 24.1 Å². The van der Waals surface area contributed by atoms with Gasteiger partial charge >= 0.3 is 0 Å². The van der Waals surface area contributed by atoms with Crippen molar-refractivity contribution in [3.05, 3.63) is 87.3 Å². The number of rotatable bonds is 6. The van der Waals surface area contributed by atoms with Crippen LogP contribution in [0.4, 0.5) is 0 Å². The van der Waals surface area contributed by atoms with E-state index in [9.17, 15) is 4.79 Å². The maximum Gasteiger partial charge on any atom is 0.282 e. The molecule has 0 radical (unpaired) electrons. The number of aryl methyl sites for hydroxylation is 3. The molecule has 0 saturated carbocycles. The number of hydrogen-bond donors (Lipinski definition) is 0. The highest BCUT2D eigenvalue weighted by molar-refractivity contribution is 7.98. The average molecular weight is 405 g/mol. The smallest absolute Gasteiger partial charge is 0.281 e. The molecule has 2 aromatic heterocycles. The van der Waals surface area contributed by atoms with Crippen molar-refractivity contribution in [3.63, 3.8) is 0 Å². The Morgan fingerprint density at radius 3 is 2.17 bits per heavy atom. The summed E-state index contributed by atoms with van der Waals surface area (Å²) in [4.78, 5) is 18.0. The third-order valence-electron chi connectivity index (χ3n) is 4.91. The van der Waals surface area contributed by atoms with Crippen LogP contribution in [-0.2, 0) is 18.8 Å². The number of benzene rings is 2. The zero-order valence-corrected chi connectivity index (χ0v) is 17.7. The van der Waals surface area contributed by atoms with Gasteiger partial charge in [-0.2, -0.15) is 5.10 Å². The molecule has 4 rings (SSSR count). The van der Waals surface area contributed by atoms with Gasteiger partial charge in [-0.1, -0.05) is 71.4 Å². The highest BCUT2D eigenvalue weighted by Crippen LogP contribution is 2.23. The Labute approximate surface area is 174 Å². The maximum absolute atomic E-state index is 13.2. The third kappa shape index (κ3) is 4.27. The predicted molar refractivity (Wildman–Crippen MR) is 118 cm³/mol. The van der Waals surface area contributed by atoms with Crippen molar-refractivity contribution in [3.8, 4) is 0 Å². The van der Waals surface area contributed by atoms with Gasteiger partial charge in [0.25, 0.3) is 5.56 Å². The zero-order chi connectivity index (χ0) is 20.4. The van der Waals surface area contributed by atoms with E-state index in [1.807, 2.05) is 13.1 Å². The summed E-state index contributed by atoms with van der Waals surface area (Å²) in [6.07, 6.45) is 1.85. The van der Waals surface area contributed by atoms with Crippen LogP contribution in [0.3, 0.4) is 0 Å². The first-order valence-corrected chi connectivity index (χ1v) is 10.7. The number of aromatic nitrogens is 4. The summed E-state index contributed by atoms with van der Waals surface area (Å²) in [5, 5.41) is 5.15. The first-order chi connectivity index (χ1) is 14.0. The second-order valence-electron chi connectivity index (χ2n) is 7.26. The number of hydrogen-bond acceptors (Lipinski definition) is 4. The normalized spacial score (nSPS) is 11.3. The summed E-state index contributed by atoms with van der Waals surface area (Å²) >= 11 is 1.59. The Morgan fingerprint density at radius 1 is 0.931 bits per heavy atom. The lowest BCUT2D eigenvalue weighted by Crippen LogP contribution is -2.24. The predicted octanol–water partition coefficient (Wildman–Crippen LogP) is 4.57. The van der Waals surface area contributed by atoms with E-state index in [-0.39, 0.29) is 5.56 Å². The molecule has 0 saturated heterocycles. The van der Waals surface area contributed by atoms with Crippen molar-refractivity contribution in [2.24, 2.45) is 0 Å². The summed E-state index contributed by atoms with van der Waals surface area (Å²) in [5.74, 6) is 0.758. The number of nitrogens with zero attached hydrogens (tertiary/aromatic N) is 4. The Hall–Kier alpha value is -2.86. The topological polar surface area (TPSA) is 52.7 Å². The molecule has 0 bridgehead atoms. The molecule has 0 fully saturated rings. The summed E-state index contributed by atoms with van der Waals surface area (Å²) in [6.45, 7) is 7.33. The van der Waals surface area contributed by atoms with Crippen LogP contribution < -0.4 is 5.56 Å². The summed E-state index contributed by atoms with van der Waals surface area (Å²) in [7, 11) is 0. The van der Waals surface area contributed by atoms with Gasteiger partial charge in [-0.05, 0) is 31.9 Å². The van der Waals surface area contributed by atoms with Crippen molar-refractivity contribution in [2.45, 2.75) is 44.8 Å². The van der Waals surface area contributed by atoms with Gasteiger partial charge in [0.2, 0.25) is 0 Å². The molecule has 4 aromatic rings. The van der Waals surface area contributed by atoms with Crippen LogP contribution in [0.5, 0.6) is 0 Å². The molecule has 0 spiro atoms. The van der Waals surface area contributed by atoms with Crippen LogP contribution >= 0.6 is 11.8 Å². The lowest BCUT2D eigenvalue weighted by Gasteiger charge is -2.12. The first-order valence-electron chi connectivity index (χ1n) is 9.75. The van der Waals surface area contributed by atoms with Crippen LogP contribution in [0, 0.1) is 13.8 Å². The van der Waals surface area contributed by atoms with Crippen molar-refractivity contribution >= 4 is 22.8 Å². The van der Waals surface area contributed by atoms with Crippen molar-refractivity contribution in [1.29, 1.82) is 0 Å². The van der Waals surface area contributed by atoms with Crippen LogP contribution in [0.25, 0.3) is 11.0 Å². The van der Waals surface area contributed by atoms with E-state index >= 15 is 0 Å². The minimum Gasteiger partial charge on any atom is -0.281 e. The fourth-order valence-electron chi connectivity index (χ4n) is 3.14. The fraction of sp³-hybridized carbons (Fsp3) is 0.261. The average Bonchev–Trinajstić information content (AvgIpc) is 3.15. The Balaban J connectivity index is 1.73. The van der Waals surface area contributed by atoms with Crippen molar-refractivity contribution < 1.29 is 0 Å². The van der Waals surface area contributed by atoms with Gasteiger partial charge in [-0.25, -0.2) is 4.98 Å². The quantitative estimate of drug-likeness (QED) is 0.349. The van der Waals surface area contributed by atoms with E-state index in [2.05, 4.69) is 67.5 Å². The second kappa shape index (κ2) is 8.25. The van der Waals surface area contributed by atoms with Gasteiger partial charge in [0, 0.05) is 12.3 Å². The molecule has 0 aliphatic rings. The lowest BCUT2D eigenvalue weighted by molar-refractivity contribution is 0.650. The van der Waals surface area contributed by atoms with E-state index in [1.54, 1.807) is 21.0 Å². The van der Waals surface area contributed by atoms with Gasteiger partial charge in [0.15, 0.2) is 10.7 Å². The van der Waals surface area contributed by atoms with Crippen molar-refractivity contribution in [2.75, 3.05) is 0 Å². The Bertz CT molecular complexity index is 1190. The molecule has 2 aromatic carbocycles. The highest BCUT2D eigenvalue weighted by atomic mass is 32.2.